The summed E-state index contributed by atoms with van der Waals surface area (Å²) in [7, 11) is 0. The molecule has 0 radical (unpaired) electrons. The number of rotatable bonds is 6. The molecular weight excluding hydrogens is 242 g/mol. The number of hydrogen-bond donors (Lipinski definition) is 3. The minimum atomic E-state index is -0.843. The van der Waals surface area contributed by atoms with E-state index in [0.717, 1.165) is 6.07 Å². The van der Waals surface area contributed by atoms with Gasteiger partial charge in [-0.3, -0.25) is 0 Å². The van der Waals surface area contributed by atoms with Crippen LogP contribution >= 0.6 is 0 Å². The zero-order chi connectivity index (χ0) is 13.8. The van der Waals surface area contributed by atoms with Crippen LogP contribution in [-0.2, 0) is 4.74 Å². The minimum absolute atomic E-state index is 0.0721. The Kier molecular flexibility index (Phi) is 4.80. The van der Waals surface area contributed by atoms with E-state index in [1.165, 1.54) is 0 Å². The molecule has 0 amide bonds. The number of pyridine rings is 1. The van der Waals surface area contributed by atoms with Crippen molar-refractivity contribution in [1.29, 1.82) is 0 Å². The van der Waals surface area contributed by atoms with Crippen molar-refractivity contribution in [3.63, 3.8) is 0 Å². The highest BCUT2D eigenvalue weighted by Gasteiger charge is 2.19. The molecule has 0 aliphatic carbocycles. The number of nitrogens with one attached hydrogen (secondary N) is 2. The van der Waals surface area contributed by atoms with E-state index < -0.39 is 17.2 Å². The van der Waals surface area contributed by atoms with Gasteiger partial charge in [0, 0.05) is 19.2 Å². The second kappa shape index (κ2) is 5.92. The molecule has 1 rings (SSSR count). The Morgan fingerprint density at radius 2 is 1.94 bits per heavy atom. The summed E-state index contributed by atoms with van der Waals surface area (Å²) in [5.74, 6) is 3.16. The number of nitrogens with zero attached hydrogens (tertiary/aromatic N) is 1. The Morgan fingerprint density at radius 1 is 1.33 bits per heavy atom. The fourth-order valence-electron chi connectivity index (χ4n) is 1.43. The van der Waals surface area contributed by atoms with Crippen molar-refractivity contribution >= 4 is 11.6 Å². The number of anilines is 2. The Labute approximate surface area is 105 Å². The maximum atomic E-state index is 13.5. The zero-order valence-corrected chi connectivity index (χ0v) is 10.7. The number of halogens is 2. The molecule has 0 unspecified atom stereocenters. The molecule has 0 spiro atoms. The third kappa shape index (κ3) is 3.78. The molecule has 4 N–H and O–H groups in total. The van der Waals surface area contributed by atoms with Crippen LogP contribution < -0.4 is 16.6 Å². The van der Waals surface area contributed by atoms with Crippen LogP contribution in [-0.4, -0.2) is 23.7 Å². The SMILES string of the molecule is CCOC(C)(C)CNc1nc(NN)c(F)cc1F. The number of nitrogens with two attached hydrogens (primary N) is 1. The largest absolute Gasteiger partial charge is 0.374 e. The maximum absolute atomic E-state index is 13.5. The van der Waals surface area contributed by atoms with Crippen molar-refractivity contribution < 1.29 is 13.5 Å². The Bertz CT molecular complexity index is 412. The number of hydrogen-bond acceptors (Lipinski definition) is 5. The first-order chi connectivity index (χ1) is 8.39. The average Bonchev–Trinajstić information content (AvgIpc) is 2.28. The fourth-order valence-corrected chi connectivity index (χ4v) is 1.43. The zero-order valence-electron chi connectivity index (χ0n) is 10.7. The Morgan fingerprint density at radius 3 is 2.50 bits per heavy atom. The summed E-state index contributed by atoms with van der Waals surface area (Å²) in [6.45, 7) is 6.46. The second-order valence-electron chi connectivity index (χ2n) is 4.34. The Hall–Kier alpha value is -1.47. The van der Waals surface area contributed by atoms with E-state index in [1.54, 1.807) is 0 Å². The van der Waals surface area contributed by atoms with Crippen LogP contribution in [0.15, 0.2) is 6.07 Å². The predicted molar refractivity (Wildman–Crippen MR) is 66.2 cm³/mol. The summed E-state index contributed by atoms with van der Waals surface area (Å²) < 4.78 is 32.0. The van der Waals surface area contributed by atoms with Gasteiger partial charge in [-0.05, 0) is 20.8 Å². The lowest BCUT2D eigenvalue weighted by Gasteiger charge is -2.25. The lowest BCUT2D eigenvalue weighted by Crippen LogP contribution is -2.34. The molecule has 1 aromatic heterocycles. The van der Waals surface area contributed by atoms with Crippen molar-refractivity contribution in [2.75, 3.05) is 23.9 Å². The first-order valence-corrected chi connectivity index (χ1v) is 5.60. The molecule has 102 valence electrons. The molecule has 0 fully saturated rings. The van der Waals surface area contributed by atoms with E-state index in [0.29, 0.717) is 13.2 Å². The molecule has 0 atom stereocenters. The molecule has 18 heavy (non-hydrogen) atoms. The van der Waals surface area contributed by atoms with Gasteiger partial charge in [0.15, 0.2) is 23.3 Å². The lowest BCUT2D eigenvalue weighted by molar-refractivity contribution is 0.000603. The molecule has 1 heterocycles. The number of hydrazine groups is 1. The smallest absolute Gasteiger partial charge is 0.178 e. The monoisotopic (exact) mass is 260 g/mol. The van der Waals surface area contributed by atoms with Gasteiger partial charge >= 0.3 is 0 Å². The van der Waals surface area contributed by atoms with Crippen molar-refractivity contribution in [3.05, 3.63) is 17.7 Å². The van der Waals surface area contributed by atoms with Gasteiger partial charge in [-0.15, -0.1) is 0 Å². The van der Waals surface area contributed by atoms with E-state index in [2.05, 4.69) is 15.7 Å². The first-order valence-electron chi connectivity index (χ1n) is 5.60. The van der Waals surface area contributed by atoms with Crippen molar-refractivity contribution in [3.8, 4) is 0 Å². The van der Waals surface area contributed by atoms with Crippen LogP contribution in [0.1, 0.15) is 20.8 Å². The van der Waals surface area contributed by atoms with Crippen molar-refractivity contribution in [1.82, 2.24) is 4.98 Å². The predicted octanol–water partition coefficient (Wildman–Crippen LogP) is 1.87. The summed E-state index contributed by atoms with van der Waals surface area (Å²) in [5.41, 5.74) is 1.58. The van der Waals surface area contributed by atoms with Gasteiger partial charge in [0.2, 0.25) is 0 Å². The quantitative estimate of drug-likeness (QED) is 0.538. The van der Waals surface area contributed by atoms with Crippen LogP contribution in [0.4, 0.5) is 20.4 Å². The molecular formula is C11H18F2N4O. The number of nitrogen functional groups attached to an aromatic ring is 1. The molecule has 7 heteroatoms. The number of aromatic nitrogens is 1. The second-order valence-corrected chi connectivity index (χ2v) is 4.34. The summed E-state index contributed by atoms with van der Waals surface area (Å²) in [6.07, 6.45) is 0. The molecule has 0 aliphatic heterocycles. The van der Waals surface area contributed by atoms with Crippen LogP contribution in [0.5, 0.6) is 0 Å². The molecule has 0 saturated carbocycles. The average molecular weight is 260 g/mol. The van der Waals surface area contributed by atoms with E-state index in [9.17, 15) is 8.78 Å². The van der Waals surface area contributed by atoms with Crippen LogP contribution in [0.3, 0.4) is 0 Å². The van der Waals surface area contributed by atoms with Crippen molar-refractivity contribution in [2.45, 2.75) is 26.4 Å². The topological polar surface area (TPSA) is 72.2 Å². The van der Waals surface area contributed by atoms with Gasteiger partial charge in [-0.25, -0.2) is 19.6 Å². The van der Waals surface area contributed by atoms with Gasteiger partial charge in [0.1, 0.15) is 0 Å². The van der Waals surface area contributed by atoms with Gasteiger partial charge in [-0.1, -0.05) is 0 Å². The van der Waals surface area contributed by atoms with E-state index >= 15 is 0 Å². The highest BCUT2D eigenvalue weighted by atomic mass is 19.1. The summed E-state index contributed by atoms with van der Waals surface area (Å²) in [4.78, 5) is 3.70. The highest BCUT2D eigenvalue weighted by Crippen LogP contribution is 2.19. The molecule has 5 nitrogen and oxygen atoms in total. The Balaban J connectivity index is 2.79. The van der Waals surface area contributed by atoms with E-state index in [1.807, 2.05) is 20.8 Å². The standard InChI is InChI=1S/C11H18F2N4O/c1-4-18-11(2,3)6-15-9-7(12)5-8(13)10(16-9)17-14/h5H,4,6,14H2,1-3H3,(H2,15,16,17). The molecule has 1 aromatic rings. The van der Waals surface area contributed by atoms with Gasteiger partial charge in [-0.2, -0.15) is 0 Å². The third-order valence-corrected chi connectivity index (χ3v) is 2.28. The van der Waals surface area contributed by atoms with Crippen LogP contribution in [0.2, 0.25) is 0 Å². The number of ether oxygens (including phenoxy) is 1. The summed E-state index contributed by atoms with van der Waals surface area (Å²) >= 11 is 0. The molecule has 0 aromatic carbocycles. The highest BCUT2D eigenvalue weighted by molar-refractivity contribution is 5.47. The van der Waals surface area contributed by atoms with Crippen LogP contribution in [0, 0.1) is 11.6 Å². The van der Waals surface area contributed by atoms with Gasteiger partial charge in [0.25, 0.3) is 0 Å². The van der Waals surface area contributed by atoms with E-state index in [-0.39, 0.29) is 11.6 Å². The van der Waals surface area contributed by atoms with Gasteiger partial charge in [0.05, 0.1) is 5.60 Å². The molecule has 0 aliphatic rings. The minimum Gasteiger partial charge on any atom is -0.374 e. The third-order valence-electron chi connectivity index (χ3n) is 2.28. The normalized spacial score (nSPS) is 11.4. The fraction of sp³-hybridized carbons (Fsp3) is 0.545. The summed E-state index contributed by atoms with van der Waals surface area (Å²) in [6, 6.07) is 0.720. The maximum Gasteiger partial charge on any atom is 0.178 e. The molecule has 0 saturated heterocycles. The lowest BCUT2D eigenvalue weighted by atomic mass is 10.1. The van der Waals surface area contributed by atoms with Crippen molar-refractivity contribution in [2.24, 2.45) is 5.84 Å². The summed E-state index contributed by atoms with van der Waals surface area (Å²) in [5, 5.41) is 2.77. The first kappa shape index (κ1) is 14.6. The van der Waals surface area contributed by atoms with Gasteiger partial charge < -0.3 is 15.5 Å². The van der Waals surface area contributed by atoms with E-state index in [4.69, 9.17) is 10.6 Å². The molecule has 0 bridgehead atoms. The van der Waals surface area contributed by atoms with Crippen LogP contribution in [0.25, 0.3) is 0 Å².